The molecule has 3 heterocycles. The molecule has 134 valence electrons. The fraction of sp³-hybridized carbons (Fsp3) is 0.550. The van der Waals surface area contributed by atoms with Crippen LogP contribution in [0, 0.1) is 5.92 Å². The maximum absolute atomic E-state index is 12.5. The van der Waals surface area contributed by atoms with Crippen molar-refractivity contribution >= 4 is 32.7 Å². The van der Waals surface area contributed by atoms with Crippen molar-refractivity contribution in [1.29, 1.82) is 0 Å². The van der Waals surface area contributed by atoms with E-state index in [4.69, 9.17) is 0 Å². The molecule has 2 aromatic rings. The molecule has 2 fully saturated rings. The minimum atomic E-state index is 0.119. The van der Waals surface area contributed by atoms with Crippen LogP contribution in [0.3, 0.4) is 0 Å². The summed E-state index contributed by atoms with van der Waals surface area (Å²) in [5, 5.41) is 4.36. The molecule has 4 rings (SSSR count). The normalized spacial score (nSPS) is 24.2. The number of nitrogens with zero attached hydrogens (tertiary/aromatic N) is 2. The van der Waals surface area contributed by atoms with E-state index >= 15 is 0 Å². The van der Waals surface area contributed by atoms with E-state index in [1.54, 1.807) is 0 Å². The molecule has 0 spiro atoms. The molecule has 2 saturated heterocycles. The molecule has 4 nitrogen and oxygen atoms in total. The average molecular weight is 404 g/mol. The van der Waals surface area contributed by atoms with Crippen LogP contribution in [0.5, 0.6) is 0 Å². The van der Waals surface area contributed by atoms with Crippen molar-refractivity contribution in [2.45, 2.75) is 44.7 Å². The molecule has 0 aliphatic carbocycles. The molecule has 1 N–H and O–H groups in total. The zero-order chi connectivity index (χ0) is 17.2. The highest BCUT2D eigenvalue weighted by atomic mass is 79.9. The van der Waals surface area contributed by atoms with Gasteiger partial charge in [-0.25, -0.2) is 0 Å². The lowest BCUT2D eigenvalue weighted by atomic mass is 9.83. The molecule has 25 heavy (non-hydrogen) atoms. The van der Waals surface area contributed by atoms with Gasteiger partial charge in [0.25, 0.3) is 0 Å². The van der Waals surface area contributed by atoms with E-state index in [2.05, 4.69) is 44.3 Å². The molecule has 2 aliphatic rings. The maximum atomic E-state index is 12.5. The van der Waals surface area contributed by atoms with E-state index in [9.17, 15) is 4.79 Å². The van der Waals surface area contributed by atoms with Crippen LogP contribution in [0.25, 0.3) is 10.9 Å². The topological polar surface area (TPSA) is 37.3 Å². The van der Waals surface area contributed by atoms with Crippen molar-refractivity contribution in [2.24, 2.45) is 5.92 Å². The second-order valence-electron chi connectivity index (χ2n) is 7.45. The molecule has 5 heteroatoms. The second kappa shape index (κ2) is 7.50. The van der Waals surface area contributed by atoms with E-state index in [0.29, 0.717) is 18.5 Å². The van der Waals surface area contributed by atoms with Gasteiger partial charge >= 0.3 is 0 Å². The van der Waals surface area contributed by atoms with Gasteiger partial charge in [-0.05, 0) is 69.0 Å². The predicted octanol–water partition coefficient (Wildman–Crippen LogP) is 3.78. The van der Waals surface area contributed by atoms with Gasteiger partial charge in [-0.15, -0.1) is 0 Å². The van der Waals surface area contributed by atoms with Crippen LogP contribution in [0.2, 0.25) is 0 Å². The van der Waals surface area contributed by atoms with Crippen molar-refractivity contribution in [3.05, 3.63) is 34.9 Å². The third kappa shape index (κ3) is 3.77. The van der Waals surface area contributed by atoms with Crippen LogP contribution in [0.15, 0.2) is 34.9 Å². The smallest absolute Gasteiger partial charge is 0.239 e. The maximum Gasteiger partial charge on any atom is 0.239 e. The van der Waals surface area contributed by atoms with Gasteiger partial charge in [0, 0.05) is 34.2 Å². The summed E-state index contributed by atoms with van der Waals surface area (Å²) in [6.07, 6.45) is 8.51. The monoisotopic (exact) mass is 403 g/mol. The Hall–Kier alpha value is -1.33. The predicted molar refractivity (Wildman–Crippen MR) is 105 cm³/mol. The summed E-state index contributed by atoms with van der Waals surface area (Å²) in [4.78, 5) is 15.1. The fourth-order valence-corrected chi connectivity index (χ4v) is 4.96. The number of amides is 1. The number of benzene rings is 1. The Labute approximate surface area is 157 Å². The first-order chi connectivity index (χ1) is 12.2. The highest BCUT2D eigenvalue weighted by Gasteiger charge is 2.32. The van der Waals surface area contributed by atoms with Gasteiger partial charge in [0.05, 0.1) is 0 Å². The Morgan fingerprint density at radius 3 is 2.96 bits per heavy atom. The number of hydrogen-bond acceptors (Lipinski definition) is 2. The Morgan fingerprint density at radius 2 is 2.04 bits per heavy atom. The summed E-state index contributed by atoms with van der Waals surface area (Å²) in [5.41, 5.74) is 1.11. The highest BCUT2D eigenvalue weighted by Crippen LogP contribution is 2.30. The van der Waals surface area contributed by atoms with Crippen molar-refractivity contribution in [1.82, 2.24) is 14.8 Å². The number of carbonyl (C=O) groups excluding carboxylic acids is 1. The van der Waals surface area contributed by atoms with Crippen LogP contribution in [-0.4, -0.2) is 41.1 Å². The third-order valence-corrected chi connectivity index (χ3v) is 6.33. The summed E-state index contributed by atoms with van der Waals surface area (Å²) in [6.45, 7) is 3.72. The largest absolute Gasteiger partial charge is 0.354 e. The number of aromatic nitrogens is 1. The summed E-state index contributed by atoms with van der Waals surface area (Å²) in [5.74, 6) is 0.740. The molecule has 0 bridgehead atoms. The average Bonchev–Trinajstić information content (AvgIpc) is 3.01. The summed E-state index contributed by atoms with van der Waals surface area (Å²) in [7, 11) is 0. The Balaban J connectivity index is 1.35. The zero-order valence-corrected chi connectivity index (χ0v) is 16.2. The quantitative estimate of drug-likeness (QED) is 0.842. The number of halogens is 1. The fourth-order valence-electron chi connectivity index (χ4n) is 4.58. The van der Waals surface area contributed by atoms with Crippen molar-refractivity contribution in [3.8, 4) is 0 Å². The molecule has 1 aromatic heterocycles. The van der Waals surface area contributed by atoms with Crippen molar-refractivity contribution < 1.29 is 4.79 Å². The molecule has 1 aromatic carbocycles. The van der Waals surface area contributed by atoms with E-state index in [1.165, 1.54) is 45.2 Å². The first-order valence-corrected chi connectivity index (χ1v) is 10.3. The van der Waals surface area contributed by atoms with E-state index in [-0.39, 0.29) is 5.91 Å². The number of rotatable bonds is 4. The third-order valence-electron chi connectivity index (χ3n) is 5.84. The Morgan fingerprint density at radius 1 is 1.16 bits per heavy atom. The molecule has 2 atom stereocenters. The lowest BCUT2D eigenvalue weighted by Gasteiger charge is -2.44. The lowest BCUT2D eigenvalue weighted by molar-refractivity contribution is -0.122. The van der Waals surface area contributed by atoms with Gasteiger partial charge in [0.15, 0.2) is 0 Å². The highest BCUT2D eigenvalue weighted by molar-refractivity contribution is 9.10. The minimum absolute atomic E-state index is 0.119. The van der Waals surface area contributed by atoms with Crippen LogP contribution >= 0.6 is 15.9 Å². The van der Waals surface area contributed by atoms with Gasteiger partial charge < -0.3 is 14.8 Å². The summed E-state index contributed by atoms with van der Waals surface area (Å²) >= 11 is 3.50. The number of piperidine rings is 2. The van der Waals surface area contributed by atoms with E-state index < -0.39 is 0 Å². The molecule has 0 saturated carbocycles. The van der Waals surface area contributed by atoms with Gasteiger partial charge in [0.2, 0.25) is 5.91 Å². The first-order valence-electron chi connectivity index (χ1n) is 9.46. The molecule has 0 unspecified atom stereocenters. The zero-order valence-electron chi connectivity index (χ0n) is 14.6. The van der Waals surface area contributed by atoms with Crippen molar-refractivity contribution in [2.75, 3.05) is 19.6 Å². The summed E-state index contributed by atoms with van der Waals surface area (Å²) in [6, 6.07) is 8.93. The van der Waals surface area contributed by atoms with E-state index in [0.717, 1.165) is 21.9 Å². The van der Waals surface area contributed by atoms with Crippen LogP contribution in [0.1, 0.15) is 32.1 Å². The second-order valence-corrected chi connectivity index (χ2v) is 8.37. The number of carbonyl (C=O) groups is 1. The van der Waals surface area contributed by atoms with Gasteiger partial charge in [-0.3, -0.25) is 4.79 Å². The molecule has 1 amide bonds. The standard InChI is InChI=1S/C20H26BrN3O/c21-17-6-7-19-15(12-17)8-11-24(19)14-20(25)22-13-16-4-3-10-23-9-2-1-5-18(16)23/h6-8,11-12,16,18H,1-5,9-10,13-14H2,(H,22,25)/t16-,18+/m0/s1. The van der Waals surface area contributed by atoms with Crippen LogP contribution in [-0.2, 0) is 11.3 Å². The molecular weight excluding hydrogens is 378 g/mol. The lowest BCUT2D eigenvalue weighted by Crippen LogP contribution is -2.51. The first kappa shape index (κ1) is 17.1. The Kier molecular flexibility index (Phi) is 5.13. The van der Waals surface area contributed by atoms with Gasteiger partial charge in [-0.1, -0.05) is 22.4 Å². The van der Waals surface area contributed by atoms with Gasteiger partial charge in [0.1, 0.15) is 6.54 Å². The molecule has 2 aliphatic heterocycles. The molecular formula is C20H26BrN3O. The molecule has 0 radical (unpaired) electrons. The number of hydrogen-bond donors (Lipinski definition) is 1. The summed E-state index contributed by atoms with van der Waals surface area (Å²) < 4.78 is 3.10. The van der Waals surface area contributed by atoms with Crippen LogP contribution in [0.4, 0.5) is 0 Å². The van der Waals surface area contributed by atoms with E-state index in [1.807, 2.05) is 16.8 Å². The number of nitrogens with one attached hydrogen (secondary N) is 1. The van der Waals surface area contributed by atoms with Crippen LogP contribution < -0.4 is 5.32 Å². The van der Waals surface area contributed by atoms with Crippen molar-refractivity contribution in [3.63, 3.8) is 0 Å². The number of fused-ring (bicyclic) bond motifs is 2. The Bertz CT molecular complexity index is 754. The minimum Gasteiger partial charge on any atom is -0.354 e. The van der Waals surface area contributed by atoms with Gasteiger partial charge in [-0.2, -0.15) is 0 Å². The SMILES string of the molecule is O=C(Cn1ccc2cc(Br)ccc21)NC[C@@H]1CCCN2CCCC[C@H]12.